The Bertz CT molecular complexity index is 1540. The molecular formula is C30H30N4O3S. The van der Waals surface area contributed by atoms with Gasteiger partial charge in [0.25, 0.3) is 0 Å². The average Bonchev–Trinajstić information content (AvgIpc) is 3.71. The summed E-state index contributed by atoms with van der Waals surface area (Å²) in [6.45, 7) is 3.76. The molecule has 3 heterocycles. The van der Waals surface area contributed by atoms with E-state index in [-0.39, 0.29) is 5.78 Å². The summed E-state index contributed by atoms with van der Waals surface area (Å²) >= 11 is 1.53. The molecule has 1 aliphatic rings. The minimum Gasteiger partial charge on any atom is -0.497 e. The minimum atomic E-state index is -0.684. The summed E-state index contributed by atoms with van der Waals surface area (Å²) in [7, 11) is 1.63. The fourth-order valence-electron chi connectivity index (χ4n) is 5.01. The maximum atomic E-state index is 14.1. The van der Waals surface area contributed by atoms with Gasteiger partial charge in [-0.15, -0.1) is 11.3 Å². The molecule has 38 heavy (non-hydrogen) atoms. The molecule has 0 bridgehead atoms. The Balaban J connectivity index is 1.32. The molecule has 1 aliphatic heterocycles. The topological polar surface area (TPSA) is 79.5 Å². The first-order chi connectivity index (χ1) is 18.7. The largest absolute Gasteiger partial charge is 0.497 e. The molecule has 2 aromatic heterocycles. The number of para-hydroxylation sites is 2. The Morgan fingerprint density at radius 2 is 1.87 bits per heavy atom. The third-order valence-corrected chi connectivity index (χ3v) is 8.08. The van der Waals surface area contributed by atoms with E-state index in [1.54, 1.807) is 13.3 Å². The summed E-state index contributed by atoms with van der Waals surface area (Å²) < 4.78 is 12.7. The van der Waals surface area contributed by atoms with Crippen molar-refractivity contribution in [3.8, 4) is 11.5 Å². The summed E-state index contributed by atoms with van der Waals surface area (Å²) in [6, 6.07) is 20.8. The fraction of sp³-hybridized carbons (Fsp3) is 0.267. The molecule has 0 amide bonds. The summed E-state index contributed by atoms with van der Waals surface area (Å²) in [6.07, 6.45) is 4.29. The number of aromatic nitrogens is 2. The fourth-order valence-corrected chi connectivity index (χ4v) is 6.02. The summed E-state index contributed by atoms with van der Waals surface area (Å²) in [5.41, 5.74) is 3.16. The van der Waals surface area contributed by atoms with Gasteiger partial charge in [-0.3, -0.25) is 9.69 Å². The van der Waals surface area contributed by atoms with Crippen LogP contribution in [0.3, 0.4) is 0 Å². The quantitative estimate of drug-likeness (QED) is 0.208. The molecule has 3 aromatic carbocycles. The Hall–Kier alpha value is -3.88. The van der Waals surface area contributed by atoms with Crippen LogP contribution >= 0.6 is 11.3 Å². The van der Waals surface area contributed by atoms with Crippen LogP contribution in [0.25, 0.3) is 21.1 Å². The van der Waals surface area contributed by atoms with Gasteiger partial charge in [0.15, 0.2) is 5.78 Å². The molecule has 5 aromatic rings. The number of fused-ring (bicyclic) bond motifs is 2. The Labute approximate surface area is 225 Å². The highest BCUT2D eigenvalue weighted by Gasteiger charge is 2.28. The summed E-state index contributed by atoms with van der Waals surface area (Å²) in [5.74, 6) is 1.31. The first-order valence-corrected chi connectivity index (χ1v) is 13.8. The zero-order valence-corrected chi connectivity index (χ0v) is 22.1. The molecule has 0 radical (unpaired) electrons. The van der Waals surface area contributed by atoms with Gasteiger partial charge in [0.2, 0.25) is 0 Å². The molecule has 0 saturated carbocycles. The second kappa shape index (κ2) is 10.8. The van der Waals surface area contributed by atoms with Gasteiger partial charge in [-0.25, -0.2) is 4.98 Å². The number of Topliss-reactive ketones (excluding diaryl/α,β-unsaturated/α-hetero) is 1. The molecule has 7 nitrogen and oxygen atoms in total. The number of carbonyl (C=O) groups excluding carboxylic acids is 1. The number of likely N-dealkylation sites (tertiary alicyclic amines) is 1. The van der Waals surface area contributed by atoms with Crippen LogP contribution in [-0.4, -0.2) is 54.0 Å². The number of benzene rings is 3. The normalized spacial score (nSPS) is 14.7. The van der Waals surface area contributed by atoms with Crippen molar-refractivity contribution in [2.24, 2.45) is 0 Å². The Morgan fingerprint density at radius 1 is 1.08 bits per heavy atom. The minimum absolute atomic E-state index is 0.0548. The van der Waals surface area contributed by atoms with Gasteiger partial charge in [-0.2, -0.15) is 0 Å². The molecule has 194 valence electrons. The number of ether oxygens (including phenoxy) is 2. The molecular weight excluding hydrogens is 496 g/mol. The number of H-pyrrole nitrogens is 1. The second-order valence-electron chi connectivity index (χ2n) is 9.50. The van der Waals surface area contributed by atoms with Gasteiger partial charge in [0.1, 0.15) is 29.2 Å². The molecule has 1 saturated heterocycles. The molecule has 8 heteroatoms. The third-order valence-electron chi connectivity index (χ3n) is 6.98. The van der Waals surface area contributed by atoms with E-state index in [2.05, 4.69) is 15.2 Å². The molecule has 1 fully saturated rings. The van der Waals surface area contributed by atoms with E-state index < -0.39 is 6.04 Å². The van der Waals surface area contributed by atoms with Crippen molar-refractivity contribution in [1.29, 1.82) is 0 Å². The van der Waals surface area contributed by atoms with Crippen LogP contribution in [0.15, 0.2) is 72.9 Å². The number of nitrogens with zero attached hydrogens (tertiary/aromatic N) is 2. The van der Waals surface area contributed by atoms with E-state index in [1.807, 2.05) is 66.7 Å². The van der Waals surface area contributed by atoms with E-state index in [9.17, 15) is 4.79 Å². The van der Waals surface area contributed by atoms with E-state index in [0.717, 1.165) is 46.4 Å². The van der Waals surface area contributed by atoms with Crippen LogP contribution in [0.5, 0.6) is 11.5 Å². The third kappa shape index (κ3) is 5.10. The molecule has 0 spiro atoms. The van der Waals surface area contributed by atoms with Gasteiger partial charge >= 0.3 is 0 Å². The second-order valence-corrected chi connectivity index (χ2v) is 10.6. The highest BCUT2D eigenvalue weighted by molar-refractivity contribution is 7.18. The maximum Gasteiger partial charge on any atom is 0.194 e. The smallest absolute Gasteiger partial charge is 0.194 e. The molecule has 0 aliphatic carbocycles. The molecule has 1 atom stereocenters. The summed E-state index contributed by atoms with van der Waals surface area (Å²) in [4.78, 5) is 24.6. The highest BCUT2D eigenvalue weighted by atomic mass is 32.1. The van der Waals surface area contributed by atoms with E-state index >= 15 is 0 Å². The van der Waals surface area contributed by atoms with E-state index in [1.165, 1.54) is 24.2 Å². The molecule has 2 N–H and O–H groups in total. The number of nitrogens with one attached hydrogen (secondary N) is 2. The van der Waals surface area contributed by atoms with Gasteiger partial charge in [-0.1, -0.05) is 30.3 Å². The average molecular weight is 527 g/mol. The van der Waals surface area contributed by atoms with Gasteiger partial charge in [0.05, 0.1) is 17.3 Å². The lowest BCUT2D eigenvalue weighted by molar-refractivity contribution is 0.0971. The number of methoxy groups -OCH3 is 1. The Kier molecular flexibility index (Phi) is 6.98. The van der Waals surface area contributed by atoms with Crippen molar-refractivity contribution in [3.05, 3.63) is 83.5 Å². The number of ketones is 1. The maximum absolute atomic E-state index is 14.1. The van der Waals surface area contributed by atoms with Crippen molar-refractivity contribution >= 4 is 43.9 Å². The van der Waals surface area contributed by atoms with Crippen molar-refractivity contribution in [1.82, 2.24) is 14.9 Å². The Morgan fingerprint density at radius 3 is 2.71 bits per heavy atom. The lowest BCUT2D eigenvalue weighted by Crippen LogP contribution is -2.25. The zero-order chi connectivity index (χ0) is 25.9. The standard InChI is InChI=1S/C30H30N4O3S/c1-36-21-16-20(17-22(18-21)37-15-14-34-12-6-7-13-34)32-28(30-33-26-10-4-5-11-27(26)38-30)29(35)24-19-31-25-9-3-2-8-23(24)25/h2-5,8-11,16-19,28,31-32H,6-7,12-15H2,1H3. The SMILES string of the molecule is COc1cc(NC(C(=O)c2c[nH]c3ccccc23)c2nc3ccccc3s2)cc(OCCN2CCCC2)c1. The van der Waals surface area contributed by atoms with Crippen LogP contribution in [-0.2, 0) is 0 Å². The number of hydrogen-bond acceptors (Lipinski definition) is 7. The van der Waals surface area contributed by atoms with Crippen LogP contribution in [0.2, 0.25) is 0 Å². The van der Waals surface area contributed by atoms with Gasteiger partial charge in [0, 0.05) is 53.1 Å². The number of hydrogen-bond donors (Lipinski definition) is 2. The number of anilines is 1. The van der Waals surface area contributed by atoms with Crippen LogP contribution < -0.4 is 14.8 Å². The van der Waals surface area contributed by atoms with E-state index in [4.69, 9.17) is 14.5 Å². The first kappa shape index (κ1) is 24.5. The predicted molar refractivity (Wildman–Crippen MR) is 153 cm³/mol. The number of rotatable bonds is 10. The van der Waals surface area contributed by atoms with Crippen molar-refractivity contribution in [3.63, 3.8) is 0 Å². The lowest BCUT2D eigenvalue weighted by Gasteiger charge is -2.19. The van der Waals surface area contributed by atoms with Gasteiger partial charge < -0.3 is 19.8 Å². The molecule has 6 rings (SSSR count). The number of thiazole rings is 1. The summed E-state index contributed by atoms with van der Waals surface area (Å²) in [5, 5.41) is 5.07. The van der Waals surface area contributed by atoms with E-state index in [0.29, 0.717) is 28.7 Å². The number of carbonyl (C=O) groups is 1. The highest BCUT2D eigenvalue weighted by Crippen LogP contribution is 2.34. The lowest BCUT2D eigenvalue weighted by atomic mass is 10.0. The van der Waals surface area contributed by atoms with Crippen LogP contribution in [0, 0.1) is 0 Å². The zero-order valence-electron chi connectivity index (χ0n) is 21.3. The van der Waals surface area contributed by atoms with Crippen LogP contribution in [0.4, 0.5) is 5.69 Å². The predicted octanol–water partition coefficient (Wildman–Crippen LogP) is 6.30. The van der Waals surface area contributed by atoms with Crippen molar-refractivity contribution in [2.45, 2.75) is 18.9 Å². The van der Waals surface area contributed by atoms with Crippen LogP contribution in [0.1, 0.15) is 34.2 Å². The van der Waals surface area contributed by atoms with Crippen molar-refractivity contribution in [2.75, 3.05) is 38.7 Å². The number of aromatic amines is 1. The van der Waals surface area contributed by atoms with Crippen molar-refractivity contribution < 1.29 is 14.3 Å². The van der Waals surface area contributed by atoms with Gasteiger partial charge in [-0.05, 0) is 44.1 Å². The first-order valence-electron chi connectivity index (χ1n) is 12.9. The molecule has 1 unspecified atom stereocenters. The monoisotopic (exact) mass is 526 g/mol.